The molecule has 0 saturated carbocycles. The van der Waals surface area contributed by atoms with E-state index in [1.807, 2.05) is 25.9 Å². The summed E-state index contributed by atoms with van der Waals surface area (Å²) in [5.74, 6) is 2.55. The highest BCUT2D eigenvalue weighted by atomic mass is 16.3. The number of hydrogen-bond acceptors (Lipinski definition) is 3. The third kappa shape index (κ3) is 6.59. The number of hydrogen-bond donors (Lipinski definition) is 2. The van der Waals surface area contributed by atoms with Crippen molar-refractivity contribution in [1.29, 1.82) is 0 Å². The highest BCUT2D eigenvalue weighted by Crippen LogP contribution is 2.02. The molecule has 0 aromatic carbocycles. The summed E-state index contributed by atoms with van der Waals surface area (Å²) in [6.07, 6.45) is 5.20. The van der Waals surface area contributed by atoms with Gasteiger partial charge < -0.3 is 15.3 Å². The number of aliphatic hydroxyl groups is 1. The molecule has 0 spiro atoms. The second-order valence-corrected chi connectivity index (χ2v) is 4.00. The van der Waals surface area contributed by atoms with E-state index >= 15 is 0 Å². The zero-order valence-electron chi connectivity index (χ0n) is 8.96. The second kappa shape index (κ2) is 5.23. The first-order valence-electron chi connectivity index (χ1n) is 4.44. The summed E-state index contributed by atoms with van der Waals surface area (Å²) in [5, 5.41) is 12.9. The number of terminal acetylenes is 1. The Hall–Kier alpha value is -0.560. The van der Waals surface area contributed by atoms with Crippen molar-refractivity contribution in [1.82, 2.24) is 10.2 Å². The molecule has 0 aromatic rings. The van der Waals surface area contributed by atoms with Crippen LogP contribution in [-0.4, -0.2) is 48.8 Å². The van der Waals surface area contributed by atoms with Crippen molar-refractivity contribution >= 4 is 0 Å². The maximum Gasteiger partial charge on any atom is 0.0869 e. The van der Waals surface area contributed by atoms with Crippen molar-refractivity contribution in [3.05, 3.63) is 0 Å². The van der Waals surface area contributed by atoms with Gasteiger partial charge in [0.25, 0.3) is 0 Å². The molecule has 0 radical (unpaired) electrons. The molecule has 0 aliphatic rings. The summed E-state index contributed by atoms with van der Waals surface area (Å²) in [7, 11) is 3.86. The summed E-state index contributed by atoms with van der Waals surface area (Å²) >= 11 is 0. The van der Waals surface area contributed by atoms with E-state index in [1.165, 1.54) is 0 Å². The third-order valence-electron chi connectivity index (χ3n) is 1.70. The van der Waals surface area contributed by atoms with E-state index in [0.29, 0.717) is 13.1 Å². The number of nitrogens with one attached hydrogen (secondary N) is 1. The summed E-state index contributed by atoms with van der Waals surface area (Å²) in [6.45, 7) is 4.82. The van der Waals surface area contributed by atoms with Crippen molar-refractivity contribution < 1.29 is 5.11 Å². The van der Waals surface area contributed by atoms with Crippen LogP contribution in [0.15, 0.2) is 0 Å². The van der Waals surface area contributed by atoms with E-state index in [4.69, 9.17) is 6.42 Å². The molecule has 3 heteroatoms. The Morgan fingerprint density at radius 1 is 1.62 bits per heavy atom. The van der Waals surface area contributed by atoms with Gasteiger partial charge in [-0.3, -0.25) is 0 Å². The van der Waals surface area contributed by atoms with Crippen LogP contribution in [0.2, 0.25) is 0 Å². The third-order valence-corrected chi connectivity index (χ3v) is 1.70. The molecule has 2 N–H and O–H groups in total. The van der Waals surface area contributed by atoms with E-state index in [0.717, 1.165) is 0 Å². The molecule has 0 aliphatic heterocycles. The first-order valence-corrected chi connectivity index (χ1v) is 4.44. The Kier molecular flexibility index (Phi) is 5.01. The number of nitrogens with zero attached hydrogens (tertiary/aromatic N) is 1. The quantitative estimate of drug-likeness (QED) is 0.586. The normalized spacial score (nSPS) is 17.9. The van der Waals surface area contributed by atoms with Crippen molar-refractivity contribution in [2.75, 3.05) is 27.2 Å². The van der Waals surface area contributed by atoms with Crippen molar-refractivity contribution in [3.8, 4) is 12.3 Å². The van der Waals surface area contributed by atoms with Gasteiger partial charge in [0, 0.05) is 13.1 Å². The maximum absolute atomic E-state index is 9.86. The van der Waals surface area contributed by atoms with Crippen LogP contribution in [-0.2, 0) is 0 Å². The fourth-order valence-corrected chi connectivity index (χ4v) is 1.17. The molecule has 0 amide bonds. The molecular formula is C10H20N2O. The lowest BCUT2D eigenvalue weighted by Gasteiger charge is -2.27. The van der Waals surface area contributed by atoms with Crippen LogP contribution in [0.25, 0.3) is 0 Å². The van der Waals surface area contributed by atoms with Crippen LogP contribution < -0.4 is 5.32 Å². The topological polar surface area (TPSA) is 35.5 Å². The molecule has 0 saturated heterocycles. The SMILES string of the molecule is C#CC(C)NCC(C)(O)CN(C)C. The average molecular weight is 184 g/mol. The zero-order chi connectivity index (χ0) is 10.5. The minimum absolute atomic E-state index is 0.00800. The minimum atomic E-state index is -0.728. The number of rotatable bonds is 5. The summed E-state index contributed by atoms with van der Waals surface area (Å²) in [4.78, 5) is 1.95. The standard InChI is InChI=1S/C10H20N2O/c1-6-9(2)11-7-10(3,13)8-12(4)5/h1,9,11,13H,7-8H2,2-5H3. The van der Waals surface area contributed by atoms with Gasteiger partial charge in [-0.2, -0.15) is 0 Å². The van der Waals surface area contributed by atoms with Crippen LogP contribution in [0.4, 0.5) is 0 Å². The molecule has 76 valence electrons. The fourth-order valence-electron chi connectivity index (χ4n) is 1.17. The fraction of sp³-hybridized carbons (Fsp3) is 0.800. The lowest BCUT2D eigenvalue weighted by Crippen LogP contribution is -2.47. The second-order valence-electron chi connectivity index (χ2n) is 4.00. The van der Waals surface area contributed by atoms with E-state index in [1.54, 1.807) is 6.92 Å². The average Bonchev–Trinajstić information content (AvgIpc) is 1.98. The molecule has 0 fully saturated rings. The van der Waals surface area contributed by atoms with Gasteiger partial charge in [0.05, 0.1) is 11.6 Å². The summed E-state index contributed by atoms with van der Waals surface area (Å²) < 4.78 is 0. The smallest absolute Gasteiger partial charge is 0.0869 e. The van der Waals surface area contributed by atoms with Crippen LogP contribution in [0.5, 0.6) is 0 Å². The lowest BCUT2D eigenvalue weighted by molar-refractivity contribution is 0.0330. The molecule has 0 bridgehead atoms. The van der Waals surface area contributed by atoms with E-state index in [-0.39, 0.29) is 6.04 Å². The van der Waals surface area contributed by atoms with Gasteiger partial charge in [-0.1, -0.05) is 5.92 Å². The Balaban J connectivity index is 3.83. The zero-order valence-corrected chi connectivity index (χ0v) is 8.96. The van der Waals surface area contributed by atoms with E-state index in [9.17, 15) is 5.11 Å². The first kappa shape index (κ1) is 12.4. The highest BCUT2D eigenvalue weighted by molar-refractivity contribution is 4.96. The van der Waals surface area contributed by atoms with E-state index in [2.05, 4.69) is 11.2 Å². The van der Waals surface area contributed by atoms with Gasteiger partial charge in [-0.15, -0.1) is 6.42 Å². The largest absolute Gasteiger partial charge is 0.388 e. The van der Waals surface area contributed by atoms with Gasteiger partial charge in [0.15, 0.2) is 0 Å². The highest BCUT2D eigenvalue weighted by Gasteiger charge is 2.21. The molecule has 0 aromatic heterocycles. The lowest BCUT2D eigenvalue weighted by atomic mass is 10.1. The Bertz CT molecular complexity index is 182. The molecule has 0 heterocycles. The summed E-state index contributed by atoms with van der Waals surface area (Å²) in [6, 6.07) is 0.00800. The van der Waals surface area contributed by atoms with Gasteiger partial charge in [0.1, 0.15) is 0 Å². The number of likely N-dealkylation sites (N-methyl/N-ethyl adjacent to an activating group) is 1. The monoisotopic (exact) mass is 184 g/mol. The molecular weight excluding hydrogens is 164 g/mol. The molecule has 0 rings (SSSR count). The molecule has 2 atom stereocenters. The van der Waals surface area contributed by atoms with Crippen LogP contribution >= 0.6 is 0 Å². The van der Waals surface area contributed by atoms with Crippen molar-refractivity contribution in [2.45, 2.75) is 25.5 Å². The van der Waals surface area contributed by atoms with Crippen LogP contribution in [0.3, 0.4) is 0 Å². The van der Waals surface area contributed by atoms with Gasteiger partial charge in [-0.05, 0) is 27.9 Å². The first-order chi connectivity index (χ1) is 5.87. The van der Waals surface area contributed by atoms with Gasteiger partial charge in [-0.25, -0.2) is 0 Å². The maximum atomic E-state index is 9.86. The Morgan fingerprint density at radius 3 is 2.54 bits per heavy atom. The molecule has 0 aliphatic carbocycles. The predicted octanol–water partition coefficient (Wildman–Crippen LogP) is -0.0897. The summed E-state index contributed by atoms with van der Waals surface area (Å²) in [5.41, 5.74) is -0.728. The minimum Gasteiger partial charge on any atom is -0.388 e. The van der Waals surface area contributed by atoms with Gasteiger partial charge >= 0.3 is 0 Å². The van der Waals surface area contributed by atoms with Crippen LogP contribution in [0.1, 0.15) is 13.8 Å². The van der Waals surface area contributed by atoms with Crippen molar-refractivity contribution in [3.63, 3.8) is 0 Å². The van der Waals surface area contributed by atoms with Crippen molar-refractivity contribution in [2.24, 2.45) is 0 Å². The Morgan fingerprint density at radius 2 is 2.15 bits per heavy atom. The molecule has 13 heavy (non-hydrogen) atoms. The van der Waals surface area contributed by atoms with Gasteiger partial charge in [0.2, 0.25) is 0 Å². The van der Waals surface area contributed by atoms with Crippen LogP contribution in [0, 0.1) is 12.3 Å². The molecule has 2 unspecified atom stereocenters. The Labute approximate surface area is 81.1 Å². The van der Waals surface area contributed by atoms with E-state index < -0.39 is 5.60 Å². The predicted molar refractivity (Wildman–Crippen MR) is 55.5 cm³/mol. The molecule has 3 nitrogen and oxygen atoms in total.